The van der Waals surface area contributed by atoms with Crippen molar-refractivity contribution in [3.63, 3.8) is 0 Å². The molecule has 1 saturated carbocycles. The predicted octanol–water partition coefficient (Wildman–Crippen LogP) is 4.07. The van der Waals surface area contributed by atoms with Crippen molar-refractivity contribution >= 4 is 11.6 Å². The van der Waals surface area contributed by atoms with Crippen LogP contribution in [0.4, 0.5) is 0 Å². The number of hydrogen-bond acceptors (Lipinski definition) is 2. The molecule has 2 nitrogen and oxygen atoms in total. The van der Waals surface area contributed by atoms with Crippen molar-refractivity contribution in [3.8, 4) is 0 Å². The number of hydrogen-bond donors (Lipinski definition) is 2. The maximum atomic E-state index is 10.6. The van der Waals surface area contributed by atoms with Crippen molar-refractivity contribution in [2.24, 2.45) is 5.92 Å². The van der Waals surface area contributed by atoms with Crippen LogP contribution in [0.2, 0.25) is 5.02 Å². The molecule has 0 bridgehead atoms. The maximum absolute atomic E-state index is 10.6. The molecule has 0 saturated heterocycles. The minimum absolute atomic E-state index is 0.508. The molecule has 0 amide bonds. The Morgan fingerprint density at radius 1 is 1.35 bits per heavy atom. The molecule has 0 aliphatic heterocycles. The molecule has 3 heteroatoms. The fourth-order valence-electron chi connectivity index (χ4n) is 3.09. The monoisotopic (exact) mass is 295 g/mol. The van der Waals surface area contributed by atoms with Gasteiger partial charge in [-0.1, -0.05) is 31.0 Å². The lowest BCUT2D eigenvalue weighted by Gasteiger charge is -2.36. The van der Waals surface area contributed by atoms with Crippen molar-refractivity contribution in [1.82, 2.24) is 5.32 Å². The van der Waals surface area contributed by atoms with Gasteiger partial charge < -0.3 is 10.4 Å². The van der Waals surface area contributed by atoms with E-state index >= 15 is 0 Å². The first-order valence-electron chi connectivity index (χ1n) is 7.70. The second-order valence-electron chi connectivity index (χ2n) is 6.25. The zero-order chi connectivity index (χ0) is 14.6. The quantitative estimate of drug-likeness (QED) is 0.858. The fraction of sp³-hybridized carbons (Fsp3) is 0.647. The molecule has 1 aromatic rings. The summed E-state index contributed by atoms with van der Waals surface area (Å²) < 4.78 is 0. The summed E-state index contributed by atoms with van der Waals surface area (Å²) in [5.74, 6) is 0.814. The van der Waals surface area contributed by atoms with E-state index in [1.165, 1.54) is 17.5 Å². The Bertz CT molecular complexity index is 439. The SMILES string of the molecule is CCC1CCC(O)(CNCc2ccc(Cl)cc2C)CC1. The molecule has 20 heavy (non-hydrogen) atoms. The molecule has 2 rings (SSSR count). The highest BCUT2D eigenvalue weighted by molar-refractivity contribution is 6.30. The molecule has 1 fully saturated rings. The lowest BCUT2D eigenvalue weighted by atomic mass is 9.78. The van der Waals surface area contributed by atoms with Crippen molar-refractivity contribution in [2.75, 3.05) is 6.54 Å². The van der Waals surface area contributed by atoms with E-state index in [0.29, 0.717) is 6.54 Å². The zero-order valence-electron chi connectivity index (χ0n) is 12.6. The summed E-state index contributed by atoms with van der Waals surface area (Å²) in [5, 5.41) is 14.8. The van der Waals surface area contributed by atoms with Crippen LogP contribution in [0.25, 0.3) is 0 Å². The Balaban J connectivity index is 1.80. The summed E-state index contributed by atoms with van der Waals surface area (Å²) in [6.07, 6.45) is 5.42. The van der Waals surface area contributed by atoms with Crippen LogP contribution in [0.15, 0.2) is 18.2 Å². The largest absolute Gasteiger partial charge is 0.389 e. The first-order valence-corrected chi connectivity index (χ1v) is 8.08. The molecule has 0 atom stereocenters. The van der Waals surface area contributed by atoms with Gasteiger partial charge in [-0.25, -0.2) is 0 Å². The van der Waals surface area contributed by atoms with Crippen molar-refractivity contribution in [1.29, 1.82) is 0 Å². The fourth-order valence-corrected chi connectivity index (χ4v) is 3.31. The molecule has 2 N–H and O–H groups in total. The summed E-state index contributed by atoms with van der Waals surface area (Å²) in [4.78, 5) is 0. The molecule has 0 radical (unpaired) electrons. The Morgan fingerprint density at radius 2 is 2.05 bits per heavy atom. The average Bonchev–Trinajstić information content (AvgIpc) is 2.42. The summed E-state index contributed by atoms with van der Waals surface area (Å²) in [5.41, 5.74) is 1.94. The third kappa shape index (κ3) is 4.21. The number of nitrogens with one attached hydrogen (secondary N) is 1. The second-order valence-corrected chi connectivity index (χ2v) is 6.69. The molecular weight excluding hydrogens is 270 g/mol. The molecule has 0 aromatic heterocycles. The Labute approximate surface area is 127 Å². The highest BCUT2D eigenvalue weighted by Gasteiger charge is 2.32. The Kier molecular flexibility index (Phi) is 5.48. The summed E-state index contributed by atoms with van der Waals surface area (Å²) in [6, 6.07) is 5.97. The third-order valence-corrected chi connectivity index (χ3v) is 4.92. The van der Waals surface area contributed by atoms with Crippen molar-refractivity contribution in [2.45, 2.75) is 58.1 Å². The van der Waals surface area contributed by atoms with Gasteiger partial charge >= 0.3 is 0 Å². The van der Waals surface area contributed by atoms with Gasteiger partial charge in [-0.05, 0) is 61.8 Å². The summed E-state index contributed by atoms with van der Waals surface area (Å²) in [6.45, 7) is 5.80. The lowest BCUT2D eigenvalue weighted by Crippen LogP contribution is -2.43. The topological polar surface area (TPSA) is 32.3 Å². The van der Waals surface area contributed by atoms with Gasteiger partial charge in [-0.2, -0.15) is 0 Å². The van der Waals surface area contributed by atoms with E-state index in [1.807, 2.05) is 12.1 Å². The van der Waals surface area contributed by atoms with Crippen molar-refractivity contribution < 1.29 is 5.11 Å². The van der Waals surface area contributed by atoms with Crippen LogP contribution in [0.1, 0.15) is 50.2 Å². The minimum atomic E-state index is -0.508. The van der Waals surface area contributed by atoms with E-state index in [0.717, 1.165) is 43.2 Å². The average molecular weight is 296 g/mol. The van der Waals surface area contributed by atoms with E-state index in [4.69, 9.17) is 11.6 Å². The van der Waals surface area contributed by atoms with Gasteiger partial charge in [0.2, 0.25) is 0 Å². The van der Waals surface area contributed by atoms with Gasteiger partial charge in [0.15, 0.2) is 0 Å². The van der Waals surface area contributed by atoms with Gasteiger partial charge in [-0.15, -0.1) is 0 Å². The van der Waals surface area contributed by atoms with E-state index in [2.05, 4.69) is 25.2 Å². The Morgan fingerprint density at radius 3 is 2.65 bits per heavy atom. The number of rotatable bonds is 5. The van der Waals surface area contributed by atoms with Crippen LogP contribution in [-0.4, -0.2) is 17.3 Å². The standard InChI is InChI=1S/C17H26ClNO/c1-3-14-6-8-17(20,9-7-14)12-19-11-15-4-5-16(18)10-13(15)2/h4-5,10,14,19-20H,3,6-9,11-12H2,1-2H3. The van der Waals surface area contributed by atoms with Gasteiger partial charge in [0.05, 0.1) is 5.60 Å². The lowest BCUT2D eigenvalue weighted by molar-refractivity contribution is -0.00882. The highest BCUT2D eigenvalue weighted by Crippen LogP contribution is 2.33. The van der Waals surface area contributed by atoms with Crippen LogP contribution in [-0.2, 0) is 6.54 Å². The van der Waals surface area contributed by atoms with E-state index in [1.54, 1.807) is 0 Å². The normalized spacial score (nSPS) is 26.7. The van der Waals surface area contributed by atoms with E-state index < -0.39 is 5.60 Å². The molecule has 112 valence electrons. The predicted molar refractivity (Wildman–Crippen MR) is 85.1 cm³/mol. The molecule has 1 aliphatic carbocycles. The van der Waals surface area contributed by atoms with Gasteiger partial charge in [-0.3, -0.25) is 0 Å². The van der Waals surface area contributed by atoms with Crippen LogP contribution in [0, 0.1) is 12.8 Å². The van der Waals surface area contributed by atoms with Gasteiger partial charge in [0, 0.05) is 18.1 Å². The minimum Gasteiger partial charge on any atom is -0.389 e. The zero-order valence-corrected chi connectivity index (χ0v) is 13.3. The molecule has 0 unspecified atom stereocenters. The number of aryl methyl sites for hydroxylation is 1. The Hall–Kier alpha value is -0.570. The molecule has 1 aromatic carbocycles. The molecule has 0 heterocycles. The first-order chi connectivity index (χ1) is 9.52. The maximum Gasteiger partial charge on any atom is 0.0771 e. The van der Waals surface area contributed by atoms with E-state index in [-0.39, 0.29) is 0 Å². The molecular formula is C17H26ClNO. The van der Waals surface area contributed by atoms with Crippen LogP contribution < -0.4 is 5.32 Å². The highest BCUT2D eigenvalue weighted by atomic mass is 35.5. The molecule has 0 spiro atoms. The number of aliphatic hydroxyl groups is 1. The summed E-state index contributed by atoms with van der Waals surface area (Å²) in [7, 11) is 0. The van der Waals surface area contributed by atoms with Crippen molar-refractivity contribution in [3.05, 3.63) is 34.3 Å². The van der Waals surface area contributed by atoms with Crippen LogP contribution in [0.3, 0.4) is 0 Å². The van der Waals surface area contributed by atoms with Gasteiger partial charge in [0.25, 0.3) is 0 Å². The smallest absolute Gasteiger partial charge is 0.0771 e. The first kappa shape index (κ1) is 15.8. The second kappa shape index (κ2) is 6.93. The van der Waals surface area contributed by atoms with Crippen LogP contribution >= 0.6 is 11.6 Å². The number of benzene rings is 1. The van der Waals surface area contributed by atoms with E-state index in [9.17, 15) is 5.11 Å². The van der Waals surface area contributed by atoms with Crippen LogP contribution in [0.5, 0.6) is 0 Å². The van der Waals surface area contributed by atoms with Gasteiger partial charge in [0.1, 0.15) is 0 Å². The summed E-state index contributed by atoms with van der Waals surface area (Å²) >= 11 is 5.96. The number of halogens is 1. The third-order valence-electron chi connectivity index (χ3n) is 4.69. The molecule has 1 aliphatic rings.